The zero-order valence-electron chi connectivity index (χ0n) is 16.3. The van der Waals surface area contributed by atoms with Gasteiger partial charge in [-0.2, -0.15) is 0 Å². The van der Waals surface area contributed by atoms with Crippen LogP contribution < -0.4 is 0 Å². The maximum atomic E-state index is 11.2. The number of aromatic nitrogens is 1. The van der Waals surface area contributed by atoms with Gasteiger partial charge in [-0.15, -0.1) is 0 Å². The largest absolute Gasteiger partial charge is 0.469 e. The van der Waals surface area contributed by atoms with Gasteiger partial charge in [-0.25, -0.2) is 4.98 Å². The molecule has 2 aromatic rings. The summed E-state index contributed by atoms with van der Waals surface area (Å²) in [7, 11) is 1.47. The molecule has 0 spiro atoms. The van der Waals surface area contributed by atoms with Crippen LogP contribution in [0.5, 0.6) is 0 Å². The van der Waals surface area contributed by atoms with Crippen molar-refractivity contribution >= 4 is 5.97 Å². The molecule has 1 unspecified atom stereocenters. The Morgan fingerprint density at radius 1 is 1.12 bits per heavy atom. The summed E-state index contributed by atoms with van der Waals surface area (Å²) in [4.78, 5) is 15.0. The minimum absolute atomic E-state index is 0.0368. The molecule has 0 radical (unpaired) electrons. The smallest absolute Gasteiger partial charge is 0.308 e. The quantitative estimate of drug-likeness (QED) is 0.565. The van der Waals surface area contributed by atoms with Crippen LogP contribution in [0.25, 0.3) is 11.3 Å². The molecule has 0 amide bonds. The highest BCUT2D eigenvalue weighted by Gasteiger charge is 2.16. The molecular formula is C21H33NO3. The molecule has 0 aliphatic carbocycles. The standard InChI is InChI=1S/C10H20O2.C9H7NO.C2H6/c1-4-6-8-9(7-5-2)10(11)12-3;1-2-4-8(5-3-1)9-6-10-7-11-9;1-2/h9H,4-8H2,1-3H3;1-7H;1-2H3. The maximum Gasteiger partial charge on any atom is 0.308 e. The van der Waals surface area contributed by atoms with E-state index in [2.05, 4.69) is 18.8 Å². The van der Waals surface area contributed by atoms with Crippen molar-refractivity contribution in [2.45, 2.75) is 59.8 Å². The van der Waals surface area contributed by atoms with Crippen molar-refractivity contribution < 1.29 is 13.9 Å². The summed E-state index contributed by atoms with van der Waals surface area (Å²) in [6.45, 7) is 8.24. The lowest BCUT2D eigenvalue weighted by molar-refractivity contribution is -0.146. The number of hydrogen-bond acceptors (Lipinski definition) is 4. The molecule has 0 N–H and O–H groups in total. The number of nitrogens with zero attached hydrogens (tertiary/aromatic N) is 1. The third-order valence-corrected chi connectivity index (χ3v) is 3.57. The summed E-state index contributed by atoms with van der Waals surface area (Å²) >= 11 is 0. The van der Waals surface area contributed by atoms with Crippen LogP contribution in [0.2, 0.25) is 0 Å². The SMILES string of the molecule is CC.CCCCC(CCC)C(=O)OC.c1ccc(-c2cnco2)cc1. The van der Waals surface area contributed by atoms with Crippen LogP contribution in [-0.4, -0.2) is 18.1 Å². The maximum absolute atomic E-state index is 11.2. The molecule has 0 bridgehead atoms. The summed E-state index contributed by atoms with van der Waals surface area (Å²) in [5.41, 5.74) is 1.06. The number of methoxy groups -OCH3 is 1. The van der Waals surface area contributed by atoms with E-state index in [-0.39, 0.29) is 11.9 Å². The van der Waals surface area contributed by atoms with Gasteiger partial charge in [0.25, 0.3) is 0 Å². The van der Waals surface area contributed by atoms with Crippen LogP contribution in [-0.2, 0) is 9.53 Å². The lowest BCUT2D eigenvalue weighted by Crippen LogP contribution is -2.15. The second-order valence-electron chi connectivity index (χ2n) is 5.38. The van der Waals surface area contributed by atoms with E-state index >= 15 is 0 Å². The molecule has 0 aliphatic heterocycles. The van der Waals surface area contributed by atoms with E-state index in [0.717, 1.165) is 43.4 Å². The molecule has 4 heteroatoms. The van der Waals surface area contributed by atoms with Crippen LogP contribution in [0, 0.1) is 5.92 Å². The highest BCUT2D eigenvalue weighted by Crippen LogP contribution is 2.17. The van der Waals surface area contributed by atoms with Gasteiger partial charge in [-0.05, 0) is 12.8 Å². The fraction of sp³-hybridized carbons (Fsp3) is 0.524. The van der Waals surface area contributed by atoms with E-state index in [9.17, 15) is 4.79 Å². The molecule has 0 fully saturated rings. The number of hydrogen-bond donors (Lipinski definition) is 0. The molecule has 0 saturated carbocycles. The molecule has 4 nitrogen and oxygen atoms in total. The Balaban J connectivity index is 0.000000419. The molecule has 0 aliphatic rings. The predicted octanol–water partition coefficient (Wildman–Crippen LogP) is 6.13. The van der Waals surface area contributed by atoms with Crippen molar-refractivity contribution in [3.63, 3.8) is 0 Å². The Bertz CT molecular complexity index is 523. The van der Waals surface area contributed by atoms with E-state index in [1.54, 1.807) is 6.20 Å². The average molecular weight is 347 g/mol. The zero-order chi connectivity index (χ0) is 18.9. The van der Waals surface area contributed by atoms with Crippen LogP contribution in [0.15, 0.2) is 47.3 Å². The molecule has 25 heavy (non-hydrogen) atoms. The Kier molecular flexibility index (Phi) is 14.1. The lowest BCUT2D eigenvalue weighted by Gasteiger charge is -2.12. The van der Waals surface area contributed by atoms with Crippen molar-refractivity contribution in [1.82, 2.24) is 4.98 Å². The number of ether oxygens (including phenoxy) is 1. The van der Waals surface area contributed by atoms with E-state index in [4.69, 9.17) is 9.15 Å². The minimum atomic E-state index is -0.0368. The highest BCUT2D eigenvalue weighted by molar-refractivity contribution is 5.72. The van der Waals surface area contributed by atoms with E-state index in [1.165, 1.54) is 13.5 Å². The van der Waals surface area contributed by atoms with Gasteiger partial charge in [0.15, 0.2) is 12.2 Å². The molecule has 2 rings (SSSR count). The minimum Gasteiger partial charge on any atom is -0.469 e. The van der Waals surface area contributed by atoms with Crippen LogP contribution >= 0.6 is 0 Å². The molecular weight excluding hydrogens is 314 g/mol. The van der Waals surface area contributed by atoms with Crippen molar-refractivity contribution in [3.8, 4) is 11.3 Å². The van der Waals surface area contributed by atoms with Gasteiger partial charge in [-0.3, -0.25) is 4.79 Å². The van der Waals surface area contributed by atoms with Gasteiger partial charge in [0.2, 0.25) is 0 Å². The van der Waals surface area contributed by atoms with E-state index in [1.807, 2.05) is 44.2 Å². The fourth-order valence-corrected chi connectivity index (χ4v) is 2.31. The van der Waals surface area contributed by atoms with Crippen LogP contribution in [0.1, 0.15) is 59.8 Å². The number of carbonyl (C=O) groups is 1. The van der Waals surface area contributed by atoms with Gasteiger partial charge in [-0.1, -0.05) is 77.3 Å². The number of rotatable bonds is 7. The first kappa shape index (κ1) is 22.9. The van der Waals surface area contributed by atoms with Crippen molar-refractivity contribution in [2.75, 3.05) is 7.11 Å². The number of benzene rings is 1. The summed E-state index contributed by atoms with van der Waals surface area (Å²) in [5.74, 6) is 0.913. The zero-order valence-corrected chi connectivity index (χ0v) is 16.3. The number of esters is 1. The van der Waals surface area contributed by atoms with E-state index in [0.29, 0.717) is 0 Å². The van der Waals surface area contributed by atoms with Crippen LogP contribution in [0.3, 0.4) is 0 Å². The average Bonchev–Trinajstić information content (AvgIpc) is 3.22. The third-order valence-electron chi connectivity index (χ3n) is 3.57. The Morgan fingerprint density at radius 2 is 1.80 bits per heavy atom. The highest BCUT2D eigenvalue weighted by atomic mass is 16.5. The normalized spacial score (nSPS) is 10.6. The first-order valence-corrected chi connectivity index (χ1v) is 9.24. The van der Waals surface area contributed by atoms with Crippen molar-refractivity contribution in [3.05, 3.63) is 42.9 Å². The molecule has 1 heterocycles. The molecule has 140 valence electrons. The predicted molar refractivity (Wildman–Crippen MR) is 103 cm³/mol. The molecule has 1 aromatic heterocycles. The van der Waals surface area contributed by atoms with Gasteiger partial charge < -0.3 is 9.15 Å². The summed E-state index contributed by atoms with van der Waals surface area (Å²) < 4.78 is 9.83. The monoisotopic (exact) mass is 347 g/mol. The molecule has 0 saturated heterocycles. The van der Waals surface area contributed by atoms with Gasteiger partial charge in [0.1, 0.15) is 0 Å². The number of carbonyl (C=O) groups excluding carboxylic acids is 1. The first-order chi connectivity index (χ1) is 12.2. The van der Waals surface area contributed by atoms with Crippen molar-refractivity contribution in [2.24, 2.45) is 5.92 Å². The van der Waals surface area contributed by atoms with Gasteiger partial charge in [0.05, 0.1) is 19.2 Å². The Morgan fingerprint density at radius 3 is 2.28 bits per heavy atom. The van der Waals surface area contributed by atoms with E-state index < -0.39 is 0 Å². The Labute approximate surface area is 152 Å². The summed E-state index contributed by atoms with van der Waals surface area (Å²) in [6.07, 6.45) is 8.42. The lowest BCUT2D eigenvalue weighted by atomic mass is 9.97. The summed E-state index contributed by atoms with van der Waals surface area (Å²) in [5, 5.41) is 0. The second kappa shape index (κ2) is 15.4. The summed E-state index contributed by atoms with van der Waals surface area (Å²) in [6, 6.07) is 9.89. The van der Waals surface area contributed by atoms with Crippen molar-refractivity contribution in [1.29, 1.82) is 0 Å². The molecule has 1 aromatic carbocycles. The fourth-order valence-electron chi connectivity index (χ4n) is 2.31. The van der Waals surface area contributed by atoms with Gasteiger partial charge >= 0.3 is 5.97 Å². The van der Waals surface area contributed by atoms with Gasteiger partial charge in [0, 0.05) is 5.56 Å². The number of oxazole rings is 1. The second-order valence-corrected chi connectivity index (χ2v) is 5.38. The first-order valence-electron chi connectivity index (χ1n) is 9.24. The van der Waals surface area contributed by atoms with Crippen LogP contribution in [0.4, 0.5) is 0 Å². The molecule has 1 atom stereocenters. The third kappa shape index (κ3) is 9.70. The Hall–Kier alpha value is -2.10. The topological polar surface area (TPSA) is 52.3 Å². The number of unbranched alkanes of at least 4 members (excludes halogenated alkanes) is 1.